The van der Waals surface area contributed by atoms with E-state index in [1.165, 1.54) is 12.0 Å². The highest BCUT2D eigenvalue weighted by molar-refractivity contribution is 5.82. The summed E-state index contributed by atoms with van der Waals surface area (Å²) in [6.07, 6.45) is 5.22. The van der Waals surface area contributed by atoms with Gasteiger partial charge in [-0.3, -0.25) is 5.10 Å². The van der Waals surface area contributed by atoms with Gasteiger partial charge >= 0.3 is 0 Å². The van der Waals surface area contributed by atoms with E-state index in [1.54, 1.807) is 0 Å². The zero-order valence-corrected chi connectivity index (χ0v) is 8.53. The molecule has 3 heteroatoms. The molecule has 2 aromatic rings. The van der Waals surface area contributed by atoms with Crippen LogP contribution in [0.2, 0.25) is 0 Å². The van der Waals surface area contributed by atoms with Crippen molar-refractivity contribution in [1.82, 2.24) is 10.2 Å². The van der Waals surface area contributed by atoms with Crippen molar-refractivity contribution in [3.63, 3.8) is 0 Å². The molecule has 1 aliphatic carbocycles. The number of nitrogens with one attached hydrogen (secondary N) is 1. The van der Waals surface area contributed by atoms with E-state index in [4.69, 9.17) is 0 Å². The molecule has 78 valence electrons. The first-order valence-electron chi connectivity index (χ1n) is 5.39. The van der Waals surface area contributed by atoms with Crippen LogP contribution in [-0.2, 0) is 5.41 Å². The molecule has 0 saturated heterocycles. The Morgan fingerprint density at radius 1 is 1.40 bits per heavy atom. The molecular weight excluding hydrogens is 188 g/mol. The summed E-state index contributed by atoms with van der Waals surface area (Å²) < 4.78 is 0. The lowest BCUT2D eigenvalue weighted by Gasteiger charge is -2.41. The Hall–Kier alpha value is -1.35. The van der Waals surface area contributed by atoms with Crippen molar-refractivity contribution < 1.29 is 5.11 Å². The molecule has 2 N–H and O–H groups in total. The van der Waals surface area contributed by atoms with E-state index in [1.807, 2.05) is 18.3 Å². The van der Waals surface area contributed by atoms with Gasteiger partial charge in [0, 0.05) is 10.8 Å². The molecule has 1 saturated carbocycles. The van der Waals surface area contributed by atoms with E-state index in [2.05, 4.69) is 16.3 Å². The minimum absolute atomic E-state index is 0.00789. The third kappa shape index (κ3) is 1.13. The molecule has 0 aliphatic heterocycles. The second-order valence-corrected chi connectivity index (χ2v) is 4.43. The quantitative estimate of drug-likeness (QED) is 0.782. The summed E-state index contributed by atoms with van der Waals surface area (Å²) in [5, 5.41) is 17.8. The Bertz CT molecular complexity index is 480. The molecule has 0 atom stereocenters. The van der Waals surface area contributed by atoms with Crippen LogP contribution in [0.5, 0.6) is 0 Å². The Balaban J connectivity index is 2.21. The second kappa shape index (κ2) is 3.07. The maximum absolute atomic E-state index is 9.55. The number of aromatic amines is 1. The van der Waals surface area contributed by atoms with Gasteiger partial charge in [0.05, 0.1) is 18.3 Å². The van der Waals surface area contributed by atoms with Crippen LogP contribution in [0.1, 0.15) is 24.8 Å². The Kier molecular flexibility index (Phi) is 1.83. The Morgan fingerprint density at radius 2 is 2.27 bits per heavy atom. The molecule has 1 aromatic heterocycles. The van der Waals surface area contributed by atoms with Crippen LogP contribution >= 0.6 is 0 Å². The number of rotatable bonds is 2. The van der Waals surface area contributed by atoms with Gasteiger partial charge in [-0.1, -0.05) is 24.6 Å². The van der Waals surface area contributed by atoms with Crippen LogP contribution in [0.4, 0.5) is 0 Å². The molecule has 1 heterocycles. The van der Waals surface area contributed by atoms with Crippen molar-refractivity contribution in [3.05, 3.63) is 30.0 Å². The average molecular weight is 202 g/mol. The highest BCUT2D eigenvalue weighted by atomic mass is 16.3. The first-order valence-corrected chi connectivity index (χ1v) is 5.39. The van der Waals surface area contributed by atoms with Gasteiger partial charge in [0.25, 0.3) is 0 Å². The predicted octanol–water partition coefficient (Wildman–Crippen LogP) is 1.98. The van der Waals surface area contributed by atoms with E-state index >= 15 is 0 Å². The van der Waals surface area contributed by atoms with Crippen molar-refractivity contribution in [2.75, 3.05) is 6.61 Å². The second-order valence-electron chi connectivity index (χ2n) is 4.43. The summed E-state index contributed by atoms with van der Waals surface area (Å²) >= 11 is 0. The topological polar surface area (TPSA) is 48.9 Å². The lowest BCUT2D eigenvalue weighted by molar-refractivity contribution is 0.121. The number of hydrogen-bond acceptors (Lipinski definition) is 2. The maximum atomic E-state index is 9.55. The number of H-pyrrole nitrogens is 1. The molecule has 1 aromatic carbocycles. The standard InChI is InChI=1S/C12H14N2O/c15-8-12(5-2-6-12)10-4-1-3-9-7-13-14-11(9)10/h1,3-4,7,15H,2,5-6,8H2,(H,13,14). The number of nitrogens with zero attached hydrogens (tertiary/aromatic N) is 1. The molecule has 0 radical (unpaired) electrons. The zero-order chi connectivity index (χ0) is 10.3. The van der Waals surface area contributed by atoms with Crippen LogP contribution in [0.3, 0.4) is 0 Å². The van der Waals surface area contributed by atoms with Crippen LogP contribution in [0, 0.1) is 0 Å². The minimum atomic E-state index is -0.00789. The first kappa shape index (κ1) is 8.92. The van der Waals surface area contributed by atoms with Crippen molar-refractivity contribution in [3.8, 4) is 0 Å². The van der Waals surface area contributed by atoms with Crippen LogP contribution < -0.4 is 0 Å². The molecule has 15 heavy (non-hydrogen) atoms. The number of para-hydroxylation sites is 1. The van der Waals surface area contributed by atoms with E-state index in [0.717, 1.165) is 23.7 Å². The van der Waals surface area contributed by atoms with Gasteiger partial charge in [-0.2, -0.15) is 5.10 Å². The summed E-state index contributed by atoms with van der Waals surface area (Å²) in [5.41, 5.74) is 2.31. The fourth-order valence-electron chi connectivity index (χ4n) is 2.53. The molecule has 0 bridgehead atoms. The average Bonchev–Trinajstić information content (AvgIpc) is 2.65. The molecule has 0 unspecified atom stereocenters. The highest BCUT2D eigenvalue weighted by Gasteiger charge is 2.39. The van der Waals surface area contributed by atoms with Crippen LogP contribution in [0.15, 0.2) is 24.4 Å². The van der Waals surface area contributed by atoms with Crippen molar-refractivity contribution >= 4 is 10.9 Å². The van der Waals surface area contributed by atoms with Gasteiger partial charge in [-0.15, -0.1) is 0 Å². The number of aliphatic hydroxyl groups excluding tert-OH is 1. The summed E-state index contributed by atoms with van der Waals surface area (Å²) in [5.74, 6) is 0. The minimum Gasteiger partial charge on any atom is -0.395 e. The number of aliphatic hydroxyl groups is 1. The summed E-state index contributed by atoms with van der Waals surface area (Å²) in [7, 11) is 0. The first-order chi connectivity index (χ1) is 7.36. The van der Waals surface area contributed by atoms with Gasteiger partial charge in [0.1, 0.15) is 0 Å². The number of hydrogen-bond donors (Lipinski definition) is 2. The summed E-state index contributed by atoms with van der Waals surface area (Å²) in [4.78, 5) is 0. The summed E-state index contributed by atoms with van der Waals surface area (Å²) in [6.45, 7) is 0.241. The van der Waals surface area contributed by atoms with Crippen molar-refractivity contribution in [2.24, 2.45) is 0 Å². The monoisotopic (exact) mass is 202 g/mol. The molecule has 0 amide bonds. The van der Waals surface area contributed by atoms with Gasteiger partial charge in [-0.25, -0.2) is 0 Å². The van der Waals surface area contributed by atoms with Crippen LogP contribution in [0.25, 0.3) is 10.9 Å². The maximum Gasteiger partial charge on any atom is 0.0688 e. The normalized spacial score (nSPS) is 19.0. The third-order valence-corrected chi connectivity index (χ3v) is 3.66. The van der Waals surface area contributed by atoms with E-state index in [0.29, 0.717) is 0 Å². The Labute approximate surface area is 88.1 Å². The number of fused-ring (bicyclic) bond motifs is 1. The van der Waals surface area contributed by atoms with E-state index in [-0.39, 0.29) is 12.0 Å². The largest absolute Gasteiger partial charge is 0.395 e. The smallest absolute Gasteiger partial charge is 0.0688 e. The fraction of sp³-hybridized carbons (Fsp3) is 0.417. The van der Waals surface area contributed by atoms with E-state index < -0.39 is 0 Å². The zero-order valence-electron chi connectivity index (χ0n) is 8.53. The van der Waals surface area contributed by atoms with Gasteiger partial charge in [0.2, 0.25) is 0 Å². The van der Waals surface area contributed by atoms with Gasteiger partial charge < -0.3 is 5.11 Å². The summed E-state index contributed by atoms with van der Waals surface area (Å²) in [6, 6.07) is 6.20. The molecular formula is C12H14N2O. The van der Waals surface area contributed by atoms with E-state index in [9.17, 15) is 5.11 Å². The van der Waals surface area contributed by atoms with Crippen LogP contribution in [-0.4, -0.2) is 21.9 Å². The van der Waals surface area contributed by atoms with Crippen molar-refractivity contribution in [2.45, 2.75) is 24.7 Å². The van der Waals surface area contributed by atoms with Gasteiger partial charge in [0.15, 0.2) is 0 Å². The predicted molar refractivity (Wildman–Crippen MR) is 58.7 cm³/mol. The number of aromatic nitrogens is 2. The molecule has 3 nitrogen and oxygen atoms in total. The van der Waals surface area contributed by atoms with Gasteiger partial charge in [-0.05, 0) is 18.4 Å². The number of benzene rings is 1. The lowest BCUT2D eigenvalue weighted by Crippen LogP contribution is -2.38. The Morgan fingerprint density at radius 3 is 2.93 bits per heavy atom. The molecule has 1 aliphatic rings. The molecule has 3 rings (SSSR count). The fourth-order valence-corrected chi connectivity index (χ4v) is 2.53. The van der Waals surface area contributed by atoms with Crippen molar-refractivity contribution in [1.29, 1.82) is 0 Å². The lowest BCUT2D eigenvalue weighted by atomic mass is 9.64. The molecule has 0 spiro atoms. The third-order valence-electron chi connectivity index (χ3n) is 3.66. The molecule has 1 fully saturated rings. The highest BCUT2D eigenvalue weighted by Crippen LogP contribution is 2.45. The SMILES string of the molecule is OCC1(c2cccc3cn[nH]c23)CCC1.